The van der Waals surface area contributed by atoms with Crippen molar-refractivity contribution < 1.29 is 9.53 Å². The standard InChI is InChI=1S/C16H17BrN2O2/c1-11-3-2-4-14(15(11)17)16(20)19-9-10-21-13-7-5-12(18)6-8-13/h2-8H,9-10,18H2,1H3,(H,19,20). The molecule has 1 amide bonds. The number of hydrogen-bond acceptors (Lipinski definition) is 3. The molecule has 0 spiro atoms. The molecule has 5 heteroatoms. The fourth-order valence-corrected chi connectivity index (χ4v) is 2.26. The summed E-state index contributed by atoms with van der Waals surface area (Å²) in [4.78, 5) is 12.1. The minimum atomic E-state index is -0.119. The topological polar surface area (TPSA) is 64.3 Å². The van der Waals surface area contributed by atoms with Gasteiger partial charge in [0, 0.05) is 10.2 Å². The predicted molar refractivity (Wildman–Crippen MR) is 87.6 cm³/mol. The zero-order chi connectivity index (χ0) is 15.2. The number of nitrogen functional groups attached to an aromatic ring is 1. The molecule has 4 nitrogen and oxygen atoms in total. The first kappa shape index (κ1) is 15.4. The van der Waals surface area contributed by atoms with Gasteiger partial charge < -0.3 is 15.8 Å². The molecule has 0 saturated heterocycles. The smallest absolute Gasteiger partial charge is 0.252 e. The van der Waals surface area contributed by atoms with Gasteiger partial charge in [-0.25, -0.2) is 0 Å². The van der Waals surface area contributed by atoms with Crippen LogP contribution in [0.5, 0.6) is 5.75 Å². The SMILES string of the molecule is Cc1cccc(C(=O)NCCOc2ccc(N)cc2)c1Br. The van der Waals surface area contributed by atoms with Gasteiger partial charge in [-0.15, -0.1) is 0 Å². The Labute approximate surface area is 132 Å². The largest absolute Gasteiger partial charge is 0.492 e. The molecule has 0 fully saturated rings. The van der Waals surface area contributed by atoms with Crippen molar-refractivity contribution in [1.82, 2.24) is 5.32 Å². The fourth-order valence-electron chi connectivity index (χ4n) is 1.82. The van der Waals surface area contributed by atoms with E-state index < -0.39 is 0 Å². The van der Waals surface area contributed by atoms with Crippen molar-refractivity contribution >= 4 is 27.5 Å². The van der Waals surface area contributed by atoms with Crippen LogP contribution < -0.4 is 15.8 Å². The lowest BCUT2D eigenvalue weighted by molar-refractivity contribution is 0.0946. The third-order valence-corrected chi connectivity index (χ3v) is 4.03. The Morgan fingerprint density at radius 3 is 2.67 bits per heavy atom. The van der Waals surface area contributed by atoms with Crippen molar-refractivity contribution in [2.75, 3.05) is 18.9 Å². The Morgan fingerprint density at radius 2 is 1.95 bits per heavy atom. The monoisotopic (exact) mass is 348 g/mol. The first-order valence-electron chi connectivity index (χ1n) is 6.59. The molecule has 21 heavy (non-hydrogen) atoms. The summed E-state index contributed by atoms with van der Waals surface area (Å²) in [6.45, 7) is 2.79. The van der Waals surface area contributed by atoms with Crippen LogP contribution in [0.4, 0.5) is 5.69 Å². The number of ether oxygens (including phenoxy) is 1. The van der Waals surface area contributed by atoms with Crippen molar-refractivity contribution in [2.45, 2.75) is 6.92 Å². The highest BCUT2D eigenvalue weighted by molar-refractivity contribution is 9.10. The lowest BCUT2D eigenvalue weighted by Crippen LogP contribution is -2.28. The number of aryl methyl sites for hydroxylation is 1. The number of nitrogens with two attached hydrogens (primary N) is 1. The van der Waals surface area contributed by atoms with E-state index in [0.29, 0.717) is 24.4 Å². The molecule has 0 radical (unpaired) electrons. The van der Waals surface area contributed by atoms with Gasteiger partial charge in [-0.3, -0.25) is 4.79 Å². The van der Waals surface area contributed by atoms with Crippen LogP contribution in [0.25, 0.3) is 0 Å². The quantitative estimate of drug-likeness (QED) is 0.644. The molecule has 0 aromatic heterocycles. The minimum Gasteiger partial charge on any atom is -0.492 e. The average Bonchev–Trinajstić information content (AvgIpc) is 2.48. The molecule has 0 aliphatic rings. The van der Waals surface area contributed by atoms with Gasteiger partial charge in [0.2, 0.25) is 0 Å². The molecular formula is C16H17BrN2O2. The van der Waals surface area contributed by atoms with Crippen LogP contribution in [0, 0.1) is 6.92 Å². The molecule has 0 heterocycles. The van der Waals surface area contributed by atoms with Crippen LogP contribution in [-0.4, -0.2) is 19.1 Å². The van der Waals surface area contributed by atoms with Crippen LogP contribution in [0.1, 0.15) is 15.9 Å². The van der Waals surface area contributed by atoms with Crippen LogP contribution in [0.15, 0.2) is 46.9 Å². The van der Waals surface area contributed by atoms with Crippen LogP contribution in [-0.2, 0) is 0 Å². The summed E-state index contributed by atoms with van der Waals surface area (Å²) in [6, 6.07) is 12.7. The average molecular weight is 349 g/mol. The molecule has 110 valence electrons. The predicted octanol–water partition coefficient (Wildman–Crippen LogP) is 3.15. The molecule has 0 bridgehead atoms. The fraction of sp³-hybridized carbons (Fsp3) is 0.188. The van der Waals surface area contributed by atoms with Gasteiger partial charge in [-0.1, -0.05) is 12.1 Å². The number of nitrogens with one attached hydrogen (secondary N) is 1. The Hall–Kier alpha value is -2.01. The van der Waals surface area contributed by atoms with E-state index in [-0.39, 0.29) is 5.91 Å². The number of rotatable bonds is 5. The highest BCUT2D eigenvalue weighted by Crippen LogP contribution is 2.20. The van der Waals surface area contributed by atoms with Crippen molar-refractivity contribution in [3.63, 3.8) is 0 Å². The van der Waals surface area contributed by atoms with Crippen LogP contribution in [0.2, 0.25) is 0 Å². The van der Waals surface area contributed by atoms with E-state index in [0.717, 1.165) is 15.8 Å². The molecule has 0 aliphatic heterocycles. The molecule has 0 aliphatic carbocycles. The Morgan fingerprint density at radius 1 is 1.24 bits per heavy atom. The number of anilines is 1. The molecule has 3 N–H and O–H groups in total. The second-order valence-electron chi connectivity index (χ2n) is 4.61. The van der Waals surface area contributed by atoms with Gasteiger partial charge in [0.05, 0.1) is 12.1 Å². The third kappa shape index (κ3) is 4.23. The van der Waals surface area contributed by atoms with Crippen molar-refractivity contribution in [1.29, 1.82) is 0 Å². The van der Waals surface area contributed by atoms with Crippen molar-refractivity contribution in [3.05, 3.63) is 58.1 Å². The van der Waals surface area contributed by atoms with Crippen LogP contribution in [0.3, 0.4) is 0 Å². The van der Waals surface area contributed by atoms with E-state index in [1.165, 1.54) is 0 Å². The van der Waals surface area contributed by atoms with Gasteiger partial charge in [-0.2, -0.15) is 0 Å². The molecule has 0 atom stereocenters. The number of carbonyl (C=O) groups excluding carboxylic acids is 1. The summed E-state index contributed by atoms with van der Waals surface area (Å²) in [7, 11) is 0. The van der Waals surface area contributed by atoms with Crippen molar-refractivity contribution in [2.24, 2.45) is 0 Å². The van der Waals surface area contributed by atoms with E-state index in [1.54, 1.807) is 30.3 Å². The summed E-state index contributed by atoms with van der Waals surface area (Å²) >= 11 is 3.43. The second kappa shape index (κ2) is 7.13. The number of carbonyl (C=O) groups is 1. The normalized spacial score (nSPS) is 10.2. The van der Waals surface area contributed by atoms with Crippen LogP contribution >= 0.6 is 15.9 Å². The summed E-state index contributed by atoms with van der Waals surface area (Å²) < 4.78 is 6.34. The van der Waals surface area contributed by atoms with Gasteiger partial charge in [0.15, 0.2) is 0 Å². The van der Waals surface area contributed by atoms with Gasteiger partial charge >= 0.3 is 0 Å². The maximum atomic E-state index is 12.1. The van der Waals surface area contributed by atoms with E-state index in [1.807, 2.05) is 19.1 Å². The van der Waals surface area contributed by atoms with Gasteiger partial charge in [0.1, 0.15) is 12.4 Å². The molecule has 0 unspecified atom stereocenters. The summed E-state index contributed by atoms with van der Waals surface area (Å²) in [5.74, 6) is 0.613. The molecule has 2 aromatic rings. The maximum Gasteiger partial charge on any atom is 0.252 e. The molecule has 0 saturated carbocycles. The van der Waals surface area contributed by atoms with E-state index in [4.69, 9.17) is 10.5 Å². The van der Waals surface area contributed by atoms with E-state index >= 15 is 0 Å². The zero-order valence-corrected chi connectivity index (χ0v) is 13.3. The lowest BCUT2D eigenvalue weighted by Gasteiger charge is -2.10. The molecule has 2 aromatic carbocycles. The zero-order valence-electron chi connectivity index (χ0n) is 11.7. The number of amides is 1. The highest BCUT2D eigenvalue weighted by atomic mass is 79.9. The van der Waals surface area contributed by atoms with Gasteiger partial charge in [-0.05, 0) is 58.7 Å². The first-order chi connectivity index (χ1) is 10.1. The lowest BCUT2D eigenvalue weighted by atomic mass is 10.1. The highest BCUT2D eigenvalue weighted by Gasteiger charge is 2.10. The Bertz CT molecular complexity index is 627. The number of hydrogen-bond donors (Lipinski definition) is 2. The van der Waals surface area contributed by atoms with E-state index in [2.05, 4.69) is 21.2 Å². The summed E-state index contributed by atoms with van der Waals surface area (Å²) in [5.41, 5.74) is 7.95. The molecule has 2 rings (SSSR count). The maximum absolute atomic E-state index is 12.1. The molecular weight excluding hydrogens is 332 g/mol. The Balaban J connectivity index is 1.82. The second-order valence-corrected chi connectivity index (χ2v) is 5.40. The minimum absolute atomic E-state index is 0.119. The first-order valence-corrected chi connectivity index (χ1v) is 7.39. The third-order valence-electron chi connectivity index (χ3n) is 2.97. The van der Waals surface area contributed by atoms with Crippen molar-refractivity contribution in [3.8, 4) is 5.75 Å². The Kier molecular flexibility index (Phi) is 5.22. The number of halogens is 1. The summed E-state index contributed by atoms with van der Waals surface area (Å²) in [5, 5.41) is 2.83. The summed E-state index contributed by atoms with van der Waals surface area (Å²) in [6.07, 6.45) is 0. The number of benzene rings is 2. The van der Waals surface area contributed by atoms with Gasteiger partial charge in [0.25, 0.3) is 5.91 Å². The van der Waals surface area contributed by atoms with E-state index in [9.17, 15) is 4.79 Å².